The second-order valence-electron chi connectivity index (χ2n) is 5.89. The second kappa shape index (κ2) is 9.83. The molecular formula is C20H23ClN2O4. The van der Waals surface area contributed by atoms with Crippen LogP contribution in [0.15, 0.2) is 41.6 Å². The van der Waals surface area contributed by atoms with Crippen LogP contribution >= 0.6 is 11.6 Å². The Balaban J connectivity index is 1.89. The van der Waals surface area contributed by atoms with Crippen LogP contribution in [0.4, 0.5) is 0 Å². The quantitative estimate of drug-likeness (QED) is 0.548. The van der Waals surface area contributed by atoms with Gasteiger partial charge in [0.1, 0.15) is 0 Å². The SMILES string of the molecule is COc1cc(/C=N/OCC(=O)NC(C)c2ccccc2C)cc(Cl)c1OC. The number of methoxy groups -OCH3 is 2. The largest absolute Gasteiger partial charge is 0.493 e. The van der Waals surface area contributed by atoms with Crippen LogP contribution in [0.3, 0.4) is 0 Å². The van der Waals surface area contributed by atoms with E-state index in [1.54, 1.807) is 12.1 Å². The minimum Gasteiger partial charge on any atom is -0.493 e. The summed E-state index contributed by atoms with van der Waals surface area (Å²) in [5.74, 6) is 0.673. The van der Waals surface area contributed by atoms with E-state index in [1.807, 2.05) is 38.1 Å². The first-order valence-electron chi connectivity index (χ1n) is 8.38. The zero-order chi connectivity index (χ0) is 19.8. The Morgan fingerprint density at radius 2 is 2.00 bits per heavy atom. The smallest absolute Gasteiger partial charge is 0.261 e. The fourth-order valence-electron chi connectivity index (χ4n) is 2.64. The van der Waals surface area contributed by atoms with E-state index in [4.69, 9.17) is 25.9 Å². The van der Waals surface area contributed by atoms with Crippen LogP contribution in [0.2, 0.25) is 5.02 Å². The number of ether oxygens (including phenoxy) is 2. The van der Waals surface area contributed by atoms with E-state index in [1.165, 1.54) is 20.4 Å². The minimum absolute atomic E-state index is 0.115. The predicted molar refractivity (Wildman–Crippen MR) is 106 cm³/mol. The topological polar surface area (TPSA) is 69.2 Å². The summed E-state index contributed by atoms with van der Waals surface area (Å²) in [6, 6.07) is 11.2. The number of rotatable bonds is 8. The van der Waals surface area contributed by atoms with Crippen molar-refractivity contribution in [2.24, 2.45) is 5.16 Å². The molecule has 2 rings (SSSR count). The maximum atomic E-state index is 12.0. The third-order valence-electron chi connectivity index (χ3n) is 3.96. The lowest BCUT2D eigenvalue weighted by atomic mass is 10.0. The summed E-state index contributed by atoms with van der Waals surface area (Å²) in [6.07, 6.45) is 1.45. The number of nitrogens with one attached hydrogen (secondary N) is 1. The fourth-order valence-corrected chi connectivity index (χ4v) is 2.94. The maximum absolute atomic E-state index is 12.0. The molecule has 0 heterocycles. The zero-order valence-electron chi connectivity index (χ0n) is 15.8. The molecule has 1 amide bonds. The van der Waals surface area contributed by atoms with Gasteiger partial charge in [-0.1, -0.05) is 41.0 Å². The Morgan fingerprint density at radius 1 is 1.26 bits per heavy atom. The standard InChI is InChI=1S/C20H23ClN2O4/c1-13-7-5-6-8-16(13)14(2)23-19(24)12-27-22-11-15-9-17(21)20(26-4)18(10-15)25-3/h5-11,14H,12H2,1-4H3,(H,23,24)/b22-11+. The normalized spacial score (nSPS) is 11.9. The molecule has 0 saturated heterocycles. The van der Waals surface area contributed by atoms with Crippen LogP contribution in [-0.2, 0) is 9.63 Å². The number of carbonyl (C=O) groups is 1. The monoisotopic (exact) mass is 390 g/mol. The van der Waals surface area contributed by atoms with Gasteiger partial charge >= 0.3 is 0 Å². The zero-order valence-corrected chi connectivity index (χ0v) is 16.5. The van der Waals surface area contributed by atoms with E-state index < -0.39 is 0 Å². The van der Waals surface area contributed by atoms with Gasteiger partial charge in [-0.2, -0.15) is 0 Å². The third-order valence-corrected chi connectivity index (χ3v) is 4.24. The van der Waals surface area contributed by atoms with Crippen molar-refractivity contribution in [2.75, 3.05) is 20.8 Å². The molecule has 0 aliphatic rings. The minimum atomic E-state index is -0.256. The molecule has 0 fully saturated rings. The molecular weight excluding hydrogens is 368 g/mol. The molecule has 27 heavy (non-hydrogen) atoms. The Hall–Kier alpha value is -2.73. The number of amides is 1. The van der Waals surface area contributed by atoms with Crippen LogP contribution in [0.25, 0.3) is 0 Å². The Labute approximate surface area is 164 Å². The number of hydrogen-bond acceptors (Lipinski definition) is 5. The Morgan fingerprint density at radius 3 is 2.67 bits per heavy atom. The molecule has 0 aromatic heterocycles. The summed E-state index contributed by atoms with van der Waals surface area (Å²) in [5.41, 5.74) is 2.84. The van der Waals surface area contributed by atoms with Crippen molar-refractivity contribution in [3.8, 4) is 11.5 Å². The van der Waals surface area contributed by atoms with Crippen molar-refractivity contribution in [3.05, 3.63) is 58.1 Å². The molecule has 1 unspecified atom stereocenters. The molecule has 0 spiro atoms. The van der Waals surface area contributed by atoms with E-state index in [2.05, 4.69) is 10.5 Å². The van der Waals surface area contributed by atoms with Crippen LogP contribution < -0.4 is 14.8 Å². The van der Waals surface area contributed by atoms with Crippen molar-refractivity contribution in [3.63, 3.8) is 0 Å². The summed E-state index contributed by atoms with van der Waals surface area (Å²) in [6.45, 7) is 3.75. The van der Waals surface area contributed by atoms with Crippen LogP contribution in [0.1, 0.15) is 29.7 Å². The fraction of sp³-hybridized carbons (Fsp3) is 0.300. The van der Waals surface area contributed by atoms with Gasteiger partial charge in [0.25, 0.3) is 5.91 Å². The molecule has 0 radical (unpaired) electrons. The third kappa shape index (κ3) is 5.62. The van der Waals surface area contributed by atoms with Gasteiger partial charge in [0, 0.05) is 5.56 Å². The average Bonchev–Trinajstić information content (AvgIpc) is 2.65. The number of hydrogen-bond donors (Lipinski definition) is 1. The summed E-state index contributed by atoms with van der Waals surface area (Å²) < 4.78 is 10.4. The second-order valence-corrected chi connectivity index (χ2v) is 6.30. The molecule has 2 aromatic rings. The Bertz CT molecular complexity index is 824. The molecule has 0 aliphatic carbocycles. The average molecular weight is 391 g/mol. The van der Waals surface area contributed by atoms with Gasteiger partial charge in [0.2, 0.25) is 0 Å². The first-order valence-corrected chi connectivity index (χ1v) is 8.75. The van der Waals surface area contributed by atoms with Crippen molar-refractivity contribution < 1.29 is 19.1 Å². The van der Waals surface area contributed by atoms with Gasteiger partial charge in [-0.25, -0.2) is 0 Å². The highest BCUT2D eigenvalue weighted by Crippen LogP contribution is 2.35. The van der Waals surface area contributed by atoms with Crippen molar-refractivity contribution in [1.29, 1.82) is 0 Å². The van der Waals surface area contributed by atoms with Crippen molar-refractivity contribution >= 4 is 23.7 Å². The highest BCUT2D eigenvalue weighted by atomic mass is 35.5. The van der Waals surface area contributed by atoms with Gasteiger partial charge in [0.05, 0.1) is 31.5 Å². The molecule has 0 bridgehead atoms. The number of benzene rings is 2. The number of oxime groups is 1. The van der Waals surface area contributed by atoms with Crippen LogP contribution in [0, 0.1) is 6.92 Å². The lowest BCUT2D eigenvalue weighted by Crippen LogP contribution is -2.30. The maximum Gasteiger partial charge on any atom is 0.261 e. The number of nitrogens with zero attached hydrogens (tertiary/aromatic N) is 1. The summed E-state index contributed by atoms with van der Waals surface area (Å²) >= 11 is 6.13. The molecule has 1 N–H and O–H groups in total. The summed E-state index contributed by atoms with van der Waals surface area (Å²) in [4.78, 5) is 17.1. The van der Waals surface area contributed by atoms with E-state index in [0.29, 0.717) is 22.1 Å². The molecule has 7 heteroatoms. The van der Waals surface area contributed by atoms with Gasteiger partial charge in [-0.15, -0.1) is 0 Å². The molecule has 0 aliphatic heterocycles. The van der Waals surface area contributed by atoms with E-state index >= 15 is 0 Å². The lowest BCUT2D eigenvalue weighted by Gasteiger charge is -2.16. The van der Waals surface area contributed by atoms with Gasteiger partial charge in [0.15, 0.2) is 18.1 Å². The highest BCUT2D eigenvalue weighted by molar-refractivity contribution is 6.32. The highest BCUT2D eigenvalue weighted by Gasteiger charge is 2.12. The predicted octanol–water partition coefficient (Wildman–Crippen LogP) is 3.89. The summed E-state index contributed by atoms with van der Waals surface area (Å²) in [7, 11) is 3.03. The van der Waals surface area contributed by atoms with Crippen molar-refractivity contribution in [1.82, 2.24) is 5.32 Å². The summed E-state index contributed by atoms with van der Waals surface area (Å²) in [5, 5.41) is 7.08. The van der Waals surface area contributed by atoms with E-state index in [-0.39, 0.29) is 18.6 Å². The molecule has 1 atom stereocenters. The molecule has 6 nitrogen and oxygen atoms in total. The number of carbonyl (C=O) groups excluding carboxylic acids is 1. The van der Waals surface area contributed by atoms with Crippen molar-refractivity contribution in [2.45, 2.75) is 19.9 Å². The first-order chi connectivity index (χ1) is 13.0. The molecule has 2 aromatic carbocycles. The first kappa shape index (κ1) is 20.6. The lowest BCUT2D eigenvalue weighted by molar-refractivity contribution is -0.126. The molecule has 0 saturated carbocycles. The van der Waals surface area contributed by atoms with Gasteiger partial charge in [-0.05, 0) is 37.1 Å². The molecule has 144 valence electrons. The van der Waals surface area contributed by atoms with E-state index in [0.717, 1.165) is 11.1 Å². The van der Waals surface area contributed by atoms with Crippen LogP contribution in [-0.4, -0.2) is 32.9 Å². The number of aryl methyl sites for hydroxylation is 1. The Kier molecular flexibility index (Phi) is 7.49. The van der Waals surface area contributed by atoms with Crippen LogP contribution in [0.5, 0.6) is 11.5 Å². The van der Waals surface area contributed by atoms with Gasteiger partial charge < -0.3 is 19.6 Å². The number of halogens is 1. The van der Waals surface area contributed by atoms with E-state index in [9.17, 15) is 4.79 Å². The van der Waals surface area contributed by atoms with Gasteiger partial charge in [-0.3, -0.25) is 4.79 Å².